The van der Waals surface area contributed by atoms with Gasteiger partial charge in [-0.25, -0.2) is 0 Å². The van der Waals surface area contributed by atoms with Gasteiger partial charge in [-0.15, -0.1) is 0 Å². The van der Waals surface area contributed by atoms with Gasteiger partial charge >= 0.3 is 0 Å². The monoisotopic (exact) mass is 85.1 g/mol. The van der Waals surface area contributed by atoms with Gasteiger partial charge in [-0.3, -0.25) is 0 Å². The van der Waals surface area contributed by atoms with Crippen molar-refractivity contribution in [1.29, 1.82) is 0 Å². The molecule has 2 heteroatoms. The van der Waals surface area contributed by atoms with E-state index in [1.807, 2.05) is 0 Å². The first-order valence-corrected chi connectivity index (χ1v) is 1.89. The first kappa shape index (κ1) is 3.68. The van der Waals surface area contributed by atoms with Crippen molar-refractivity contribution in [1.82, 2.24) is 5.32 Å². The minimum atomic E-state index is 0.638. The van der Waals surface area contributed by atoms with E-state index in [0.29, 0.717) is 13.3 Å². The van der Waals surface area contributed by atoms with Gasteiger partial charge in [0.25, 0.3) is 0 Å². The van der Waals surface area contributed by atoms with E-state index in [9.17, 15) is 0 Å². The van der Waals surface area contributed by atoms with Gasteiger partial charge < -0.3 is 10.1 Å². The van der Waals surface area contributed by atoms with Gasteiger partial charge in [0, 0.05) is 5.70 Å². The fourth-order valence-corrected chi connectivity index (χ4v) is 0.378. The van der Waals surface area contributed by atoms with Crippen molar-refractivity contribution in [2.24, 2.45) is 0 Å². The molecule has 2 nitrogen and oxygen atoms in total. The van der Waals surface area contributed by atoms with Crippen LogP contribution in [0.2, 0.25) is 0 Å². The van der Waals surface area contributed by atoms with Gasteiger partial charge in [0.2, 0.25) is 0 Å². The maximum Gasteiger partial charge on any atom is 0.116 e. The Bertz CT molecular complexity index is 61.9. The van der Waals surface area contributed by atoms with Crippen LogP contribution in [0.25, 0.3) is 0 Å². The number of rotatable bonds is 0. The van der Waals surface area contributed by atoms with Crippen LogP contribution in [0.1, 0.15) is 0 Å². The fourth-order valence-electron chi connectivity index (χ4n) is 0.378. The molecular formula is C4H7NO. The molecule has 1 rings (SSSR count). The Morgan fingerprint density at radius 3 is 2.83 bits per heavy atom. The lowest BCUT2D eigenvalue weighted by Crippen LogP contribution is -2.02. The molecule has 0 radical (unpaired) electrons. The van der Waals surface area contributed by atoms with Crippen LogP contribution in [0.15, 0.2) is 12.3 Å². The Morgan fingerprint density at radius 1 is 1.83 bits per heavy atom. The fraction of sp³-hybridized carbons (Fsp3) is 0.500. The Balaban J connectivity index is 2.37. The Hall–Kier alpha value is -0.500. The third kappa shape index (κ3) is 0.518. The van der Waals surface area contributed by atoms with Crippen molar-refractivity contribution in [3.8, 4) is 0 Å². The normalized spacial score (nSPS) is 21.0. The number of ether oxygens (including phenoxy) is 1. The molecule has 0 spiro atoms. The summed E-state index contributed by atoms with van der Waals surface area (Å²) in [5.41, 5.74) is 0.981. The summed E-state index contributed by atoms with van der Waals surface area (Å²) in [5.74, 6) is 0. The van der Waals surface area contributed by atoms with Gasteiger partial charge in [0.05, 0.1) is 6.61 Å². The van der Waals surface area contributed by atoms with E-state index in [0.717, 1.165) is 5.70 Å². The molecule has 0 saturated carbocycles. The van der Waals surface area contributed by atoms with Gasteiger partial charge in [-0.05, 0) is 0 Å². The zero-order chi connectivity index (χ0) is 4.41. The summed E-state index contributed by atoms with van der Waals surface area (Å²) in [5, 5.41) is 2.90. The Labute approximate surface area is 36.8 Å². The van der Waals surface area contributed by atoms with Crippen LogP contribution in [-0.4, -0.2) is 13.3 Å². The predicted octanol–water partition coefficient (Wildman–Crippen LogP) is 0.0774. The highest BCUT2D eigenvalue weighted by atomic mass is 16.5. The molecule has 0 atom stereocenters. The van der Waals surface area contributed by atoms with Crippen molar-refractivity contribution in [3.05, 3.63) is 12.3 Å². The maximum absolute atomic E-state index is 4.85. The first-order valence-electron chi connectivity index (χ1n) is 1.89. The summed E-state index contributed by atoms with van der Waals surface area (Å²) in [6.07, 6.45) is 0. The van der Waals surface area contributed by atoms with Crippen molar-refractivity contribution < 1.29 is 4.74 Å². The number of nitrogens with one attached hydrogen (secondary N) is 1. The molecule has 0 aromatic heterocycles. The van der Waals surface area contributed by atoms with E-state index in [1.165, 1.54) is 0 Å². The van der Waals surface area contributed by atoms with Gasteiger partial charge in [-0.2, -0.15) is 0 Å². The van der Waals surface area contributed by atoms with Crippen LogP contribution in [0.5, 0.6) is 0 Å². The molecule has 1 aliphatic rings. The summed E-state index contributed by atoms with van der Waals surface area (Å²) < 4.78 is 4.85. The third-order valence-corrected chi connectivity index (χ3v) is 0.701. The van der Waals surface area contributed by atoms with Crippen LogP contribution < -0.4 is 5.32 Å². The minimum Gasteiger partial charge on any atom is -0.365 e. The molecule has 0 aliphatic carbocycles. The summed E-state index contributed by atoms with van der Waals surface area (Å²) in [7, 11) is 0. The highest BCUT2D eigenvalue weighted by molar-refractivity contribution is 4.92. The minimum absolute atomic E-state index is 0.638. The standard InChI is InChI=1S/C4H7NO/c1-4-2-6-3-5-4/h5H,1-3H2. The van der Waals surface area contributed by atoms with E-state index in [1.54, 1.807) is 0 Å². The largest absolute Gasteiger partial charge is 0.365 e. The van der Waals surface area contributed by atoms with Crippen LogP contribution in [0, 0.1) is 0 Å². The quantitative estimate of drug-likeness (QED) is 0.449. The van der Waals surface area contributed by atoms with E-state index in [-0.39, 0.29) is 0 Å². The zero-order valence-corrected chi connectivity index (χ0v) is 3.53. The highest BCUT2D eigenvalue weighted by Crippen LogP contribution is 1.91. The van der Waals surface area contributed by atoms with Crippen LogP contribution in [0.3, 0.4) is 0 Å². The van der Waals surface area contributed by atoms with E-state index < -0.39 is 0 Å². The molecule has 1 heterocycles. The average Bonchev–Trinajstić information content (AvgIpc) is 1.86. The Morgan fingerprint density at radius 2 is 2.67 bits per heavy atom. The SMILES string of the molecule is C=C1COCN1. The molecule has 1 fully saturated rings. The molecule has 34 valence electrons. The summed E-state index contributed by atoms with van der Waals surface area (Å²) in [6.45, 7) is 4.94. The van der Waals surface area contributed by atoms with Crippen LogP contribution in [0.4, 0.5) is 0 Å². The molecule has 1 N–H and O–H groups in total. The predicted molar refractivity (Wildman–Crippen MR) is 23.1 cm³/mol. The molecule has 0 amide bonds. The highest BCUT2D eigenvalue weighted by Gasteiger charge is 1.98. The lowest BCUT2D eigenvalue weighted by molar-refractivity contribution is 0.197. The van der Waals surface area contributed by atoms with Gasteiger partial charge in [0.1, 0.15) is 6.73 Å². The van der Waals surface area contributed by atoms with E-state index >= 15 is 0 Å². The molecule has 0 aromatic rings. The van der Waals surface area contributed by atoms with Gasteiger partial charge in [0.15, 0.2) is 0 Å². The van der Waals surface area contributed by atoms with Gasteiger partial charge in [-0.1, -0.05) is 6.58 Å². The molecule has 1 aliphatic heterocycles. The lowest BCUT2D eigenvalue weighted by Gasteiger charge is -1.83. The summed E-state index contributed by atoms with van der Waals surface area (Å²) >= 11 is 0. The lowest BCUT2D eigenvalue weighted by atomic mass is 10.6. The second-order valence-electron chi connectivity index (χ2n) is 1.27. The second kappa shape index (κ2) is 1.30. The molecule has 1 saturated heterocycles. The van der Waals surface area contributed by atoms with E-state index in [4.69, 9.17) is 4.74 Å². The molecule has 0 bridgehead atoms. The van der Waals surface area contributed by atoms with E-state index in [2.05, 4.69) is 11.9 Å². The number of hydrogen-bond donors (Lipinski definition) is 1. The van der Waals surface area contributed by atoms with Crippen LogP contribution in [-0.2, 0) is 4.74 Å². The van der Waals surface area contributed by atoms with Crippen molar-refractivity contribution in [2.45, 2.75) is 0 Å². The molecule has 0 aromatic carbocycles. The average molecular weight is 85.1 g/mol. The molecular weight excluding hydrogens is 78.1 g/mol. The molecule has 6 heavy (non-hydrogen) atoms. The Kier molecular flexibility index (Phi) is 0.801. The molecule has 0 unspecified atom stereocenters. The zero-order valence-electron chi connectivity index (χ0n) is 3.53. The number of hydrogen-bond acceptors (Lipinski definition) is 2. The summed E-state index contributed by atoms with van der Waals surface area (Å²) in [6, 6.07) is 0. The first-order chi connectivity index (χ1) is 2.89. The van der Waals surface area contributed by atoms with Crippen molar-refractivity contribution >= 4 is 0 Å². The smallest absolute Gasteiger partial charge is 0.116 e. The topological polar surface area (TPSA) is 21.3 Å². The van der Waals surface area contributed by atoms with Crippen LogP contribution >= 0.6 is 0 Å². The third-order valence-electron chi connectivity index (χ3n) is 0.701. The van der Waals surface area contributed by atoms with Crippen molar-refractivity contribution in [3.63, 3.8) is 0 Å². The van der Waals surface area contributed by atoms with Crippen molar-refractivity contribution in [2.75, 3.05) is 13.3 Å². The maximum atomic E-state index is 4.85. The second-order valence-corrected chi connectivity index (χ2v) is 1.27. The summed E-state index contributed by atoms with van der Waals surface area (Å²) in [4.78, 5) is 0.